The van der Waals surface area contributed by atoms with E-state index in [4.69, 9.17) is 10.5 Å². The first-order valence-electron chi connectivity index (χ1n) is 6.56. The number of hydrogen-bond donors (Lipinski definition) is 2. The van der Waals surface area contributed by atoms with Gasteiger partial charge >= 0.3 is 5.97 Å². The maximum absolute atomic E-state index is 11.1. The molecule has 5 nitrogen and oxygen atoms in total. The molecule has 0 aromatic heterocycles. The number of nitrogens with two attached hydrogens (primary N) is 1. The van der Waals surface area contributed by atoms with E-state index in [1.54, 1.807) is 0 Å². The van der Waals surface area contributed by atoms with Gasteiger partial charge in [-0.25, -0.2) is 0 Å². The van der Waals surface area contributed by atoms with E-state index in [0.29, 0.717) is 19.6 Å². The van der Waals surface area contributed by atoms with Crippen LogP contribution in [-0.2, 0) is 14.3 Å². The predicted molar refractivity (Wildman–Crippen MR) is 70.9 cm³/mol. The number of amides is 1. The molecule has 0 spiro atoms. The SMILES string of the molecule is CCOC(=O)CCCCCNCC(C)(C)C(N)=O. The summed E-state index contributed by atoms with van der Waals surface area (Å²) in [4.78, 5) is 22.1. The number of primary amides is 1. The predicted octanol–water partition coefficient (Wildman–Crippen LogP) is 1.21. The van der Waals surface area contributed by atoms with Crippen molar-refractivity contribution in [2.24, 2.45) is 11.1 Å². The first-order chi connectivity index (χ1) is 8.40. The van der Waals surface area contributed by atoms with Crippen LogP contribution in [-0.4, -0.2) is 31.6 Å². The van der Waals surface area contributed by atoms with Crippen molar-refractivity contribution in [2.45, 2.75) is 46.5 Å². The Morgan fingerprint density at radius 3 is 2.44 bits per heavy atom. The minimum atomic E-state index is -0.509. The highest BCUT2D eigenvalue weighted by molar-refractivity contribution is 5.80. The molecule has 0 bridgehead atoms. The van der Waals surface area contributed by atoms with Crippen LogP contribution in [0.1, 0.15) is 46.5 Å². The molecule has 0 aromatic carbocycles. The fourth-order valence-corrected chi connectivity index (χ4v) is 1.42. The van der Waals surface area contributed by atoms with E-state index >= 15 is 0 Å². The number of ether oxygens (including phenoxy) is 1. The lowest BCUT2D eigenvalue weighted by atomic mass is 9.93. The molecule has 0 heterocycles. The molecule has 0 fully saturated rings. The summed E-state index contributed by atoms with van der Waals surface area (Å²) in [6, 6.07) is 0. The van der Waals surface area contributed by atoms with Crippen molar-refractivity contribution in [1.82, 2.24) is 5.32 Å². The maximum Gasteiger partial charge on any atom is 0.305 e. The lowest BCUT2D eigenvalue weighted by Gasteiger charge is -2.20. The first-order valence-corrected chi connectivity index (χ1v) is 6.56. The molecule has 5 heteroatoms. The van der Waals surface area contributed by atoms with Crippen LogP contribution in [0, 0.1) is 5.41 Å². The van der Waals surface area contributed by atoms with Crippen molar-refractivity contribution < 1.29 is 14.3 Å². The second kappa shape index (κ2) is 8.91. The van der Waals surface area contributed by atoms with Gasteiger partial charge in [-0.2, -0.15) is 0 Å². The van der Waals surface area contributed by atoms with E-state index in [1.165, 1.54) is 0 Å². The summed E-state index contributed by atoms with van der Waals surface area (Å²) in [5.41, 5.74) is 4.76. The Kier molecular flexibility index (Phi) is 8.37. The molecule has 0 unspecified atom stereocenters. The molecule has 0 aliphatic heterocycles. The van der Waals surface area contributed by atoms with E-state index < -0.39 is 5.41 Å². The summed E-state index contributed by atoms with van der Waals surface area (Å²) in [7, 11) is 0. The number of esters is 1. The highest BCUT2D eigenvalue weighted by atomic mass is 16.5. The fourth-order valence-electron chi connectivity index (χ4n) is 1.42. The van der Waals surface area contributed by atoms with E-state index in [-0.39, 0.29) is 11.9 Å². The summed E-state index contributed by atoms with van der Waals surface area (Å²) in [5.74, 6) is -0.419. The third kappa shape index (κ3) is 8.06. The Morgan fingerprint density at radius 2 is 1.89 bits per heavy atom. The van der Waals surface area contributed by atoms with Crippen LogP contribution in [0.25, 0.3) is 0 Å². The lowest BCUT2D eigenvalue weighted by molar-refractivity contribution is -0.143. The van der Waals surface area contributed by atoms with Gasteiger partial charge in [0, 0.05) is 13.0 Å². The molecule has 0 radical (unpaired) electrons. The minimum absolute atomic E-state index is 0.125. The topological polar surface area (TPSA) is 81.4 Å². The van der Waals surface area contributed by atoms with Gasteiger partial charge in [-0.15, -0.1) is 0 Å². The summed E-state index contributed by atoms with van der Waals surface area (Å²) < 4.78 is 4.83. The number of carbonyl (C=O) groups is 2. The second-order valence-electron chi connectivity index (χ2n) is 5.04. The van der Waals surface area contributed by atoms with Crippen molar-refractivity contribution >= 4 is 11.9 Å². The molecule has 0 aliphatic carbocycles. The Labute approximate surface area is 109 Å². The highest BCUT2D eigenvalue weighted by Crippen LogP contribution is 2.11. The molecule has 1 amide bonds. The van der Waals surface area contributed by atoms with Crippen LogP contribution in [0.3, 0.4) is 0 Å². The number of rotatable bonds is 10. The Bertz CT molecular complexity index is 265. The van der Waals surface area contributed by atoms with Crippen LogP contribution >= 0.6 is 0 Å². The molecule has 0 saturated carbocycles. The molecule has 0 aromatic rings. The lowest BCUT2D eigenvalue weighted by Crippen LogP contribution is -2.40. The van der Waals surface area contributed by atoms with Crippen molar-refractivity contribution in [1.29, 1.82) is 0 Å². The molecule has 0 atom stereocenters. The van der Waals surface area contributed by atoms with Gasteiger partial charge in [-0.3, -0.25) is 9.59 Å². The zero-order valence-electron chi connectivity index (χ0n) is 11.8. The first kappa shape index (κ1) is 16.9. The number of hydrogen-bond acceptors (Lipinski definition) is 4. The van der Waals surface area contributed by atoms with E-state index in [9.17, 15) is 9.59 Å². The zero-order chi connectivity index (χ0) is 14.0. The van der Waals surface area contributed by atoms with Gasteiger partial charge in [0.25, 0.3) is 0 Å². The van der Waals surface area contributed by atoms with E-state index in [0.717, 1.165) is 25.8 Å². The van der Waals surface area contributed by atoms with Crippen molar-refractivity contribution in [3.63, 3.8) is 0 Å². The molecular formula is C13H26N2O3. The van der Waals surface area contributed by atoms with Crippen LogP contribution in [0.15, 0.2) is 0 Å². The highest BCUT2D eigenvalue weighted by Gasteiger charge is 2.23. The molecule has 0 rings (SSSR count). The average Bonchev–Trinajstić information content (AvgIpc) is 2.27. The van der Waals surface area contributed by atoms with Gasteiger partial charge in [0.2, 0.25) is 5.91 Å². The Hall–Kier alpha value is -1.10. The van der Waals surface area contributed by atoms with Crippen LogP contribution in [0.4, 0.5) is 0 Å². The fraction of sp³-hybridized carbons (Fsp3) is 0.846. The monoisotopic (exact) mass is 258 g/mol. The molecular weight excluding hydrogens is 232 g/mol. The number of unbranched alkanes of at least 4 members (excludes halogenated alkanes) is 2. The summed E-state index contributed by atoms with van der Waals surface area (Å²) >= 11 is 0. The molecule has 106 valence electrons. The summed E-state index contributed by atoms with van der Waals surface area (Å²) in [6.45, 7) is 7.32. The van der Waals surface area contributed by atoms with Crippen LogP contribution in [0.2, 0.25) is 0 Å². The largest absolute Gasteiger partial charge is 0.466 e. The van der Waals surface area contributed by atoms with Crippen LogP contribution < -0.4 is 11.1 Å². The van der Waals surface area contributed by atoms with E-state index in [2.05, 4.69) is 5.32 Å². The maximum atomic E-state index is 11.1. The molecule has 3 N–H and O–H groups in total. The van der Waals surface area contributed by atoms with Gasteiger partial charge in [0.1, 0.15) is 0 Å². The van der Waals surface area contributed by atoms with Gasteiger partial charge < -0.3 is 15.8 Å². The summed E-state index contributed by atoms with van der Waals surface area (Å²) in [5, 5.41) is 3.20. The second-order valence-corrected chi connectivity index (χ2v) is 5.04. The van der Waals surface area contributed by atoms with Gasteiger partial charge in [0.05, 0.1) is 12.0 Å². The van der Waals surface area contributed by atoms with Crippen LogP contribution in [0.5, 0.6) is 0 Å². The van der Waals surface area contributed by atoms with Crippen molar-refractivity contribution in [3.05, 3.63) is 0 Å². The smallest absolute Gasteiger partial charge is 0.305 e. The van der Waals surface area contributed by atoms with E-state index in [1.807, 2.05) is 20.8 Å². The summed E-state index contributed by atoms with van der Waals surface area (Å²) in [6.07, 6.45) is 3.29. The average molecular weight is 258 g/mol. The molecule has 0 saturated heterocycles. The standard InChI is InChI=1S/C13H26N2O3/c1-4-18-11(16)8-6-5-7-9-15-10-13(2,3)12(14)17/h15H,4-10H2,1-3H3,(H2,14,17). The normalized spacial score (nSPS) is 11.3. The van der Waals surface area contributed by atoms with Crippen molar-refractivity contribution in [2.75, 3.05) is 19.7 Å². The molecule has 0 aliphatic rings. The van der Waals surface area contributed by atoms with Crippen molar-refractivity contribution in [3.8, 4) is 0 Å². The third-order valence-electron chi connectivity index (χ3n) is 2.77. The zero-order valence-corrected chi connectivity index (χ0v) is 11.8. The third-order valence-corrected chi connectivity index (χ3v) is 2.77. The quantitative estimate of drug-likeness (QED) is 0.456. The van der Waals surface area contributed by atoms with Gasteiger partial charge in [0.15, 0.2) is 0 Å². The van der Waals surface area contributed by atoms with Gasteiger partial charge in [-0.05, 0) is 40.2 Å². The minimum Gasteiger partial charge on any atom is -0.466 e. The Balaban J connectivity index is 3.42. The Morgan fingerprint density at radius 1 is 1.22 bits per heavy atom. The molecule has 18 heavy (non-hydrogen) atoms. The number of nitrogens with one attached hydrogen (secondary N) is 1. The number of carbonyl (C=O) groups excluding carboxylic acids is 2. The van der Waals surface area contributed by atoms with Gasteiger partial charge in [-0.1, -0.05) is 6.42 Å².